The van der Waals surface area contributed by atoms with Crippen LogP contribution in [0.3, 0.4) is 0 Å². The van der Waals surface area contributed by atoms with Gasteiger partial charge in [0.1, 0.15) is 0 Å². The third-order valence-electron chi connectivity index (χ3n) is 3.99. The van der Waals surface area contributed by atoms with Crippen LogP contribution in [0.4, 0.5) is 5.69 Å². The number of aromatic nitrogens is 1. The van der Waals surface area contributed by atoms with Crippen molar-refractivity contribution in [3.8, 4) is 11.5 Å². The van der Waals surface area contributed by atoms with Crippen LogP contribution in [0.25, 0.3) is 17.0 Å². The Morgan fingerprint density at radius 3 is 2.52 bits per heavy atom. The first kappa shape index (κ1) is 18.1. The van der Waals surface area contributed by atoms with E-state index in [1.165, 1.54) is 20.3 Å². The van der Waals surface area contributed by atoms with Crippen LogP contribution in [-0.2, 0) is 4.79 Å². The van der Waals surface area contributed by atoms with Crippen molar-refractivity contribution in [1.82, 2.24) is 4.98 Å². The number of methoxy groups -OCH3 is 2. The van der Waals surface area contributed by atoms with Gasteiger partial charge in [-0.1, -0.05) is 24.3 Å². The first-order valence-electron chi connectivity index (χ1n) is 8.06. The lowest BCUT2D eigenvalue weighted by molar-refractivity contribution is -0.255. The number of nitrogens with one attached hydrogen (secondary N) is 2. The van der Waals surface area contributed by atoms with Crippen molar-refractivity contribution in [2.45, 2.75) is 0 Å². The second-order valence-corrected chi connectivity index (χ2v) is 5.65. The highest BCUT2D eigenvalue weighted by molar-refractivity contribution is 6.13. The van der Waals surface area contributed by atoms with Gasteiger partial charge in [-0.2, -0.15) is 0 Å². The minimum atomic E-state index is -1.40. The molecule has 0 aliphatic heterocycles. The quantitative estimate of drug-likeness (QED) is 0.652. The van der Waals surface area contributed by atoms with Gasteiger partial charge in [-0.3, -0.25) is 4.79 Å². The van der Waals surface area contributed by atoms with Crippen LogP contribution in [0.2, 0.25) is 0 Å². The molecule has 0 aliphatic carbocycles. The fraction of sp³-hybridized carbons (Fsp3) is 0.100. The van der Waals surface area contributed by atoms with E-state index in [1.54, 1.807) is 48.5 Å². The molecule has 0 fully saturated rings. The highest BCUT2D eigenvalue weighted by Gasteiger charge is 2.13. The topological polar surface area (TPSA) is 103 Å². The fourth-order valence-electron chi connectivity index (χ4n) is 2.72. The van der Waals surface area contributed by atoms with Crippen molar-refractivity contribution in [3.63, 3.8) is 0 Å². The van der Waals surface area contributed by atoms with Crippen molar-refractivity contribution in [2.24, 2.45) is 0 Å². The number of amides is 1. The Morgan fingerprint density at radius 2 is 1.81 bits per heavy atom. The summed E-state index contributed by atoms with van der Waals surface area (Å²) in [5.74, 6) is -0.755. The predicted octanol–water partition coefficient (Wildman–Crippen LogP) is 2.20. The van der Waals surface area contributed by atoms with Crippen LogP contribution < -0.4 is 19.9 Å². The van der Waals surface area contributed by atoms with Gasteiger partial charge in [0.05, 0.1) is 31.6 Å². The van der Waals surface area contributed by atoms with Crippen LogP contribution in [0.5, 0.6) is 11.5 Å². The van der Waals surface area contributed by atoms with E-state index in [-0.39, 0.29) is 11.4 Å². The molecule has 3 aromatic rings. The van der Waals surface area contributed by atoms with Crippen LogP contribution >= 0.6 is 0 Å². The Balaban J connectivity index is 1.84. The van der Waals surface area contributed by atoms with Crippen molar-refractivity contribution in [1.29, 1.82) is 0 Å². The third-order valence-corrected chi connectivity index (χ3v) is 3.99. The SMILES string of the molecule is COc1ccc(/C=C/C(=O)Nc2c(C(=O)[O-])[nH]c3ccccc23)cc1OC. The normalized spacial score (nSPS) is 10.9. The van der Waals surface area contributed by atoms with Gasteiger partial charge in [-0.15, -0.1) is 0 Å². The summed E-state index contributed by atoms with van der Waals surface area (Å²) >= 11 is 0. The number of hydrogen-bond acceptors (Lipinski definition) is 5. The number of carbonyl (C=O) groups is 2. The zero-order chi connectivity index (χ0) is 19.4. The molecule has 0 saturated carbocycles. The zero-order valence-corrected chi connectivity index (χ0v) is 14.7. The molecule has 2 aromatic carbocycles. The molecule has 3 rings (SSSR count). The molecule has 2 N–H and O–H groups in total. The Bertz CT molecular complexity index is 1040. The number of fused-ring (bicyclic) bond motifs is 1. The van der Waals surface area contributed by atoms with Crippen molar-refractivity contribution in [3.05, 3.63) is 59.8 Å². The maximum Gasteiger partial charge on any atom is 0.248 e. The Labute approximate surface area is 155 Å². The fourth-order valence-corrected chi connectivity index (χ4v) is 2.72. The molecular formula is C20H17N2O5-. The Hall–Kier alpha value is -3.74. The molecule has 1 aromatic heterocycles. The first-order chi connectivity index (χ1) is 13.0. The molecule has 0 atom stereocenters. The largest absolute Gasteiger partial charge is 0.543 e. The standard InChI is InChI=1S/C20H18N2O5/c1-26-15-9-7-12(11-16(15)27-2)8-10-17(23)22-18-13-5-3-4-6-14(13)21-19(18)20(24)25/h3-11,21H,1-2H3,(H,22,23)(H,24,25)/p-1/b10-8+. The summed E-state index contributed by atoms with van der Waals surface area (Å²) in [6.07, 6.45) is 2.90. The van der Waals surface area contributed by atoms with E-state index in [1.807, 2.05) is 0 Å². The van der Waals surface area contributed by atoms with Gasteiger partial charge >= 0.3 is 0 Å². The van der Waals surface area contributed by atoms with Crippen molar-refractivity contribution >= 4 is 34.5 Å². The number of benzene rings is 2. The van der Waals surface area contributed by atoms with Crippen LogP contribution in [0.1, 0.15) is 16.1 Å². The second-order valence-electron chi connectivity index (χ2n) is 5.65. The number of ether oxygens (including phenoxy) is 2. The summed E-state index contributed by atoms with van der Waals surface area (Å²) < 4.78 is 10.4. The summed E-state index contributed by atoms with van der Waals surface area (Å²) in [7, 11) is 3.06. The van der Waals surface area contributed by atoms with Crippen molar-refractivity contribution < 1.29 is 24.2 Å². The summed E-state index contributed by atoms with van der Waals surface area (Å²) in [5.41, 5.74) is 1.31. The number of carbonyl (C=O) groups excluding carboxylic acids is 2. The predicted molar refractivity (Wildman–Crippen MR) is 99.8 cm³/mol. The van der Waals surface area contributed by atoms with E-state index in [2.05, 4.69) is 10.3 Å². The molecule has 0 aliphatic rings. The van der Waals surface area contributed by atoms with Gasteiger partial charge in [-0.05, 0) is 29.8 Å². The number of anilines is 1. The van der Waals surface area contributed by atoms with E-state index in [4.69, 9.17) is 9.47 Å². The Kier molecular flexibility index (Phi) is 5.12. The van der Waals surface area contributed by atoms with E-state index in [9.17, 15) is 14.7 Å². The molecule has 0 saturated heterocycles. The van der Waals surface area contributed by atoms with E-state index >= 15 is 0 Å². The molecule has 7 nitrogen and oxygen atoms in total. The van der Waals surface area contributed by atoms with Gasteiger partial charge in [0.2, 0.25) is 5.91 Å². The molecule has 1 amide bonds. The summed E-state index contributed by atoms with van der Waals surface area (Å²) in [6, 6.07) is 12.2. The number of carboxylic acid groups (broad SMARTS) is 1. The van der Waals surface area contributed by atoms with E-state index < -0.39 is 11.9 Å². The zero-order valence-electron chi connectivity index (χ0n) is 14.7. The summed E-state index contributed by atoms with van der Waals surface area (Å²) in [5, 5.41) is 14.5. The van der Waals surface area contributed by atoms with Gasteiger partial charge in [0, 0.05) is 17.0 Å². The van der Waals surface area contributed by atoms with Gasteiger partial charge in [-0.25, -0.2) is 0 Å². The van der Waals surface area contributed by atoms with E-state index in [0.717, 1.165) is 5.56 Å². The molecule has 1 heterocycles. The summed E-state index contributed by atoms with van der Waals surface area (Å²) in [4.78, 5) is 26.4. The second kappa shape index (κ2) is 7.65. The lowest BCUT2D eigenvalue weighted by Gasteiger charge is -2.08. The van der Waals surface area contributed by atoms with Crippen LogP contribution in [0, 0.1) is 0 Å². The average Bonchev–Trinajstić information content (AvgIpc) is 3.05. The molecule has 7 heteroatoms. The number of aromatic carboxylic acids is 1. The Morgan fingerprint density at radius 1 is 1.07 bits per heavy atom. The smallest absolute Gasteiger partial charge is 0.248 e. The number of para-hydroxylation sites is 1. The van der Waals surface area contributed by atoms with Gasteiger partial charge in [0.25, 0.3) is 0 Å². The molecule has 0 unspecified atom stereocenters. The number of hydrogen-bond donors (Lipinski definition) is 2. The van der Waals surface area contributed by atoms with Gasteiger partial charge < -0.3 is 29.7 Å². The molecular weight excluding hydrogens is 348 g/mol. The lowest BCUT2D eigenvalue weighted by atomic mass is 10.2. The first-order valence-corrected chi connectivity index (χ1v) is 8.06. The maximum atomic E-state index is 12.3. The van der Waals surface area contributed by atoms with Crippen LogP contribution in [0.15, 0.2) is 48.5 Å². The molecule has 0 spiro atoms. The molecule has 27 heavy (non-hydrogen) atoms. The van der Waals surface area contributed by atoms with E-state index in [0.29, 0.717) is 22.4 Å². The van der Waals surface area contributed by atoms with Crippen LogP contribution in [-0.4, -0.2) is 31.1 Å². The van der Waals surface area contributed by atoms with Crippen molar-refractivity contribution in [2.75, 3.05) is 19.5 Å². The average molecular weight is 365 g/mol. The lowest BCUT2D eigenvalue weighted by Crippen LogP contribution is -2.24. The number of H-pyrrole nitrogens is 1. The minimum absolute atomic E-state index is 0.174. The maximum absolute atomic E-state index is 12.3. The number of aromatic amines is 1. The monoisotopic (exact) mass is 365 g/mol. The molecule has 0 bridgehead atoms. The molecule has 0 radical (unpaired) electrons. The summed E-state index contributed by atoms with van der Waals surface area (Å²) in [6.45, 7) is 0. The van der Waals surface area contributed by atoms with Gasteiger partial charge in [0.15, 0.2) is 11.5 Å². The highest BCUT2D eigenvalue weighted by atomic mass is 16.5. The minimum Gasteiger partial charge on any atom is -0.543 e. The highest BCUT2D eigenvalue weighted by Crippen LogP contribution is 2.29. The number of carboxylic acids is 1. The third kappa shape index (κ3) is 3.77. The number of rotatable bonds is 6. The molecule has 138 valence electrons.